The summed E-state index contributed by atoms with van der Waals surface area (Å²) in [5.41, 5.74) is -1.02. The van der Waals surface area contributed by atoms with Gasteiger partial charge in [-0.15, -0.1) is 0 Å². The van der Waals surface area contributed by atoms with E-state index >= 15 is 0 Å². The number of urea groups is 1. The third-order valence-corrected chi connectivity index (χ3v) is 10.1. The van der Waals surface area contributed by atoms with E-state index in [0.29, 0.717) is 35.3 Å². The summed E-state index contributed by atoms with van der Waals surface area (Å²) in [6, 6.07) is 15.1. The van der Waals surface area contributed by atoms with Gasteiger partial charge in [-0.2, -0.15) is 0 Å². The minimum Gasteiger partial charge on any atom is -0.481 e. The van der Waals surface area contributed by atoms with Crippen molar-refractivity contribution in [3.8, 4) is 0 Å². The molecule has 1 atom stereocenters. The van der Waals surface area contributed by atoms with Gasteiger partial charge in [-0.25, -0.2) is 9.59 Å². The molecule has 15 nitrogen and oxygen atoms in total. The lowest BCUT2D eigenvalue weighted by Crippen LogP contribution is -2.56. The molecule has 0 bridgehead atoms. The highest BCUT2D eigenvalue weighted by Gasteiger charge is 2.41. The standard InChI is InChI=1S/C31H40Cl2N4O4.C6H8O7/c1-3-41-29(38)22-36-15-7-16-37(31(36)40)26-13-18-35(19-14-26)17-12-25(24-10-11-27(32)28(33)20-24)21-34(2)30(39)23-8-5-4-6-9-23;7-3(8)1-6(13,5(11)12)2-4(9)10/h4-6,8-11,20,25-26H,3,7,12-19,21-22H2,1-2H3;13H,1-2H2,(H,7,8)(H,9,10)(H,11,12)/t25-;/m1./s1. The molecule has 4 rings (SSSR count). The van der Waals surface area contributed by atoms with E-state index in [9.17, 15) is 28.8 Å². The highest BCUT2D eigenvalue weighted by molar-refractivity contribution is 6.42. The minimum absolute atomic E-state index is 0.0132. The molecule has 2 fully saturated rings. The molecule has 0 spiro atoms. The Balaban J connectivity index is 0.000000515. The number of likely N-dealkylation sites (N-methyl/N-ethyl adjacent to an activating group) is 1. The number of esters is 1. The molecule has 0 aliphatic carbocycles. The number of benzene rings is 2. The molecule has 2 heterocycles. The van der Waals surface area contributed by atoms with Crippen molar-refractivity contribution < 1.29 is 53.9 Å². The Morgan fingerprint density at radius 1 is 0.926 bits per heavy atom. The molecular formula is C37H48Cl2N4O11. The van der Waals surface area contributed by atoms with Crippen LogP contribution in [0.5, 0.6) is 0 Å². The van der Waals surface area contributed by atoms with E-state index in [1.165, 1.54) is 0 Å². The van der Waals surface area contributed by atoms with Gasteiger partial charge < -0.3 is 44.8 Å². The molecule has 17 heteroatoms. The predicted octanol–water partition coefficient (Wildman–Crippen LogP) is 4.15. The van der Waals surface area contributed by atoms with Gasteiger partial charge in [0, 0.05) is 57.3 Å². The van der Waals surface area contributed by atoms with Crippen molar-refractivity contribution in [3.05, 3.63) is 69.7 Å². The molecule has 2 aromatic carbocycles. The van der Waals surface area contributed by atoms with Gasteiger partial charge in [-0.05, 0) is 69.0 Å². The lowest BCUT2D eigenvalue weighted by atomic mass is 9.93. The van der Waals surface area contributed by atoms with E-state index in [4.69, 9.17) is 48.4 Å². The summed E-state index contributed by atoms with van der Waals surface area (Å²) in [5.74, 6) is -5.31. The average molecular weight is 796 g/mol. The van der Waals surface area contributed by atoms with Gasteiger partial charge in [-0.1, -0.05) is 47.5 Å². The Kier molecular flexibility index (Phi) is 17.0. The summed E-state index contributed by atoms with van der Waals surface area (Å²) in [4.78, 5) is 76.4. The fourth-order valence-electron chi connectivity index (χ4n) is 6.50. The topological polar surface area (TPSA) is 206 Å². The molecule has 0 aromatic heterocycles. The largest absolute Gasteiger partial charge is 0.481 e. The number of carboxylic acids is 3. The van der Waals surface area contributed by atoms with Crippen LogP contribution in [-0.4, -0.2) is 147 Å². The number of likely N-dealkylation sites (tertiary alicyclic amines) is 1. The van der Waals surface area contributed by atoms with E-state index in [-0.39, 0.29) is 36.4 Å². The maximum absolute atomic E-state index is 13.1. The molecule has 2 saturated heterocycles. The zero-order chi connectivity index (χ0) is 40.0. The first kappa shape index (κ1) is 44.0. The zero-order valence-corrected chi connectivity index (χ0v) is 31.9. The number of piperidine rings is 1. The smallest absolute Gasteiger partial charge is 0.336 e. The Morgan fingerprint density at radius 3 is 2.11 bits per heavy atom. The molecule has 4 N–H and O–H groups in total. The molecule has 2 aliphatic rings. The Hall–Kier alpha value is -4.44. The monoisotopic (exact) mass is 794 g/mol. The number of carbonyl (C=O) groups excluding carboxylic acids is 3. The predicted molar refractivity (Wildman–Crippen MR) is 199 cm³/mol. The second-order valence-corrected chi connectivity index (χ2v) is 14.1. The number of hydrogen-bond acceptors (Lipinski definition) is 9. The first-order chi connectivity index (χ1) is 25.5. The Bertz CT molecular complexity index is 1610. The van der Waals surface area contributed by atoms with E-state index in [1.54, 1.807) is 16.7 Å². The highest BCUT2D eigenvalue weighted by Crippen LogP contribution is 2.30. The number of nitrogens with zero attached hydrogens (tertiary/aromatic N) is 4. The quantitative estimate of drug-likeness (QED) is 0.177. The van der Waals surface area contributed by atoms with Gasteiger partial charge in [0.05, 0.1) is 29.5 Å². The normalized spacial score (nSPS) is 15.8. The van der Waals surface area contributed by atoms with Gasteiger partial charge in [0.1, 0.15) is 6.54 Å². The average Bonchev–Trinajstić information content (AvgIpc) is 3.12. The molecule has 296 valence electrons. The zero-order valence-electron chi connectivity index (χ0n) is 30.4. The van der Waals surface area contributed by atoms with Crippen molar-refractivity contribution in [2.24, 2.45) is 0 Å². The van der Waals surface area contributed by atoms with Crippen LogP contribution in [0.4, 0.5) is 4.79 Å². The van der Waals surface area contributed by atoms with Crippen LogP contribution >= 0.6 is 23.2 Å². The van der Waals surface area contributed by atoms with Crippen LogP contribution in [0, 0.1) is 0 Å². The summed E-state index contributed by atoms with van der Waals surface area (Å²) in [6.45, 7) is 6.61. The summed E-state index contributed by atoms with van der Waals surface area (Å²) < 4.78 is 5.04. The van der Waals surface area contributed by atoms with Crippen LogP contribution in [0.25, 0.3) is 0 Å². The molecule has 0 radical (unpaired) electrons. The summed E-state index contributed by atoms with van der Waals surface area (Å²) in [7, 11) is 1.84. The SMILES string of the molecule is CCOC(=O)CN1CCCN(C2CCN(CC[C@H](CN(C)C(=O)c3ccccc3)c3ccc(Cl)c(Cl)c3)CC2)C1=O.O=C(O)CC(O)(CC(=O)O)C(=O)O. The van der Waals surface area contributed by atoms with E-state index in [0.717, 1.165) is 57.4 Å². The highest BCUT2D eigenvalue weighted by atomic mass is 35.5. The van der Waals surface area contributed by atoms with Crippen molar-refractivity contribution in [1.29, 1.82) is 0 Å². The van der Waals surface area contributed by atoms with Crippen molar-refractivity contribution in [2.45, 2.75) is 63.0 Å². The number of carbonyl (C=O) groups is 6. The molecule has 3 amide bonds. The number of halogens is 2. The number of carboxylic acid groups (broad SMARTS) is 3. The maximum Gasteiger partial charge on any atom is 0.336 e. The van der Waals surface area contributed by atoms with Gasteiger partial charge in [-0.3, -0.25) is 19.2 Å². The van der Waals surface area contributed by atoms with Gasteiger partial charge in [0.2, 0.25) is 0 Å². The van der Waals surface area contributed by atoms with Crippen molar-refractivity contribution in [2.75, 3.05) is 59.5 Å². The van der Waals surface area contributed by atoms with Gasteiger partial charge in [0.15, 0.2) is 5.60 Å². The lowest BCUT2D eigenvalue weighted by molar-refractivity contribution is -0.170. The molecule has 0 unspecified atom stereocenters. The van der Waals surface area contributed by atoms with Crippen molar-refractivity contribution >= 4 is 59.0 Å². The lowest BCUT2D eigenvalue weighted by Gasteiger charge is -2.43. The van der Waals surface area contributed by atoms with E-state index < -0.39 is 36.4 Å². The fourth-order valence-corrected chi connectivity index (χ4v) is 6.81. The van der Waals surface area contributed by atoms with Crippen LogP contribution in [0.2, 0.25) is 10.0 Å². The Labute approximate surface area is 324 Å². The van der Waals surface area contributed by atoms with Crippen LogP contribution in [0.3, 0.4) is 0 Å². The van der Waals surface area contributed by atoms with Crippen LogP contribution in [0.15, 0.2) is 48.5 Å². The van der Waals surface area contributed by atoms with Crippen LogP contribution in [-0.2, 0) is 23.9 Å². The van der Waals surface area contributed by atoms with Gasteiger partial charge >= 0.3 is 29.9 Å². The van der Waals surface area contributed by atoms with Crippen molar-refractivity contribution in [1.82, 2.24) is 19.6 Å². The number of aliphatic carboxylic acids is 3. The third kappa shape index (κ3) is 13.1. The van der Waals surface area contributed by atoms with Crippen LogP contribution in [0.1, 0.15) is 67.3 Å². The van der Waals surface area contributed by atoms with E-state index in [1.807, 2.05) is 60.5 Å². The second kappa shape index (κ2) is 20.9. The van der Waals surface area contributed by atoms with Crippen LogP contribution < -0.4 is 0 Å². The van der Waals surface area contributed by atoms with Crippen molar-refractivity contribution in [3.63, 3.8) is 0 Å². The summed E-state index contributed by atoms with van der Waals surface area (Å²) >= 11 is 12.6. The molecular weight excluding hydrogens is 747 g/mol. The van der Waals surface area contributed by atoms with E-state index in [2.05, 4.69) is 4.90 Å². The summed E-state index contributed by atoms with van der Waals surface area (Å²) in [6.07, 6.45) is 1.20. The number of aliphatic hydroxyl groups is 1. The number of hydrogen-bond donors (Lipinski definition) is 4. The minimum atomic E-state index is -2.74. The third-order valence-electron chi connectivity index (χ3n) is 9.32. The number of ether oxygens (including phenoxy) is 1. The molecule has 54 heavy (non-hydrogen) atoms. The van der Waals surface area contributed by atoms with Gasteiger partial charge in [0.25, 0.3) is 5.91 Å². The molecule has 2 aliphatic heterocycles. The number of amides is 3. The number of rotatable bonds is 16. The summed E-state index contributed by atoms with van der Waals surface area (Å²) in [5, 5.41) is 34.8. The maximum atomic E-state index is 13.1. The molecule has 2 aromatic rings. The first-order valence-corrected chi connectivity index (χ1v) is 18.4. The Morgan fingerprint density at radius 2 is 1.56 bits per heavy atom. The second-order valence-electron chi connectivity index (χ2n) is 13.3. The fraction of sp³-hybridized carbons (Fsp3) is 0.514. The first-order valence-electron chi connectivity index (χ1n) is 17.6. The molecule has 0 saturated carbocycles.